The van der Waals surface area contributed by atoms with Crippen LogP contribution in [0.2, 0.25) is 0 Å². The molecular weight excluding hydrogens is 241 g/mol. The number of hydrogen-bond donors (Lipinski definition) is 0. The van der Waals surface area contributed by atoms with Crippen LogP contribution in [0.25, 0.3) is 17.1 Å². The van der Waals surface area contributed by atoms with E-state index >= 15 is 0 Å². The van der Waals surface area contributed by atoms with Gasteiger partial charge in [-0.05, 0) is 38.1 Å². The quantitative estimate of drug-likeness (QED) is 0.766. The van der Waals surface area contributed by atoms with Crippen molar-refractivity contribution in [3.05, 3.63) is 41.2 Å². The summed E-state index contributed by atoms with van der Waals surface area (Å²) in [5, 5.41) is 0. The van der Waals surface area contributed by atoms with Gasteiger partial charge in [-0.15, -0.1) is 0 Å². The Labute approximate surface area is 102 Å². The third-order valence-corrected chi connectivity index (χ3v) is 2.53. The van der Waals surface area contributed by atoms with Crippen molar-refractivity contribution in [3.8, 4) is 0 Å². The maximum atomic E-state index is 12.6. The molecule has 94 valence electrons. The van der Waals surface area contributed by atoms with E-state index in [4.69, 9.17) is 0 Å². The molecule has 0 bridgehead atoms. The van der Waals surface area contributed by atoms with Crippen molar-refractivity contribution in [2.24, 2.45) is 0 Å². The van der Waals surface area contributed by atoms with Gasteiger partial charge in [0.05, 0.1) is 28.0 Å². The summed E-state index contributed by atoms with van der Waals surface area (Å²) in [4.78, 5) is 8.43. The number of alkyl halides is 3. The molecule has 5 heteroatoms. The van der Waals surface area contributed by atoms with Crippen LogP contribution in [0.15, 0.2) is 24.3 Å². The topological polar surface area (TPSA) is 25.8 Å². The van der Waals surface area contributed by atoms with E-state index in [-0.39, 0.29) is 5.52 Å². The molecule has 2 nitrogen and oxygen atoms in total. The first kappa shape index (κ1) is 12.5. The summed E-state index contributed by atoms with van der Waals surface area (Å²) in [5.41, 5.74) is 1.29. The molecule has 18 heavy (non-hydrogen) atoms. The summed E-state index contributed by atoms with van der Waals surface area (Å²) >= 11 is 0. The lowest BCUT2D eigenvalue weighted by Gasteiger charge is -2.08. The highest BCUT2D eigenvalue weighted by Crippen LogP contribution is 2.30. The van der Waals surface area contributed by atoms with E-state index in [0.717, 1.165) is 12.1 Å². The van der Waals surface area contributed by atoms with E-state index in [9.17, 15) is 13.2 Å². The average Bonchev–Trinajstić information content (AvgIpc) is 2.28. The molecule has 0 N–H and O–H groups in total. The first-order valence-electron chi connectivity index (χ1n) is 5.40. The molecule has 0 spiro atoms. The van der Waals surface area contributed by atoms with Crippen molar-refractivity contribution >= 4 is 17.1 Å². The SMILES string of the molecule is CC=Cc1nc2cc(C(F)(F)F)ccc2nc1C. The number of nitrogens with zero attached hydrogens (tertiary/aromatic N) is 2. The van der Waals surface area contributed by atoms with Crippen LogP contribution < -0.4 is 0 Å². The first-order valence-corrected chi connectivity index (χ1v) is 5.40. The van der Waals surface area contributed by atoms with Crippen LogP contribution in [-0.4, -0.2) is 9.97 Å². The van der Waals surface area contributed by atoms with Crippen molar-refractivity contribution in [2.75, 3.05) is 0 Å². The molecule has 0 saturated carbocycles. The molecule has 0 unspecified atom stereocenters. The lowest BCUT2D eigenvalue weighted by molar-refractivity contribution is -0.137. The van der Waals surface area contributed by atoms with Gasteiger partial charge in [-0.3, -0.25) is 0 Å². The zero-order valence-electron chi connectivity index (χ0n) is 9.92. The maximum absolute atomic E-state index is 12.6. The van der Waals surface area contributed by atoms with Crippen LogP contribution in [0.5, 0.6) is 0 Å². The van der Waals surface area contributed by atoms with Crippen LogP contribution in [-0.2, 0) is 6.18 Å². The van der Waals surface area contributed by atoms with Gasteiger partial charge in [0.2, 0.25) is 0 Å². The van der Waals surface area contributed by atoms with E-state index < -0.39 is 11.7 Å². The number of halogens is 3. The fraction of sp³-hybridized carbons (Fsp3) is 0.231. The summed E-state index contributed by atoms with van der Waals surface area (Å²) in [6, 6.07) is 3.39. The lowest BCUT2D eigenvalue weighted by atomic mass is 10.1. The minimum atomic E-state index is -4.36. The molecular formula is C13H11F3N2. The maximum Gasteiger partial charge on any atom is 0.416 e. The highest BCUT2D eigenvalue weighted by atomic mass is 19.4. The third kappa shape index (κ3) is 2.34. The number of aromatic nitrogens is 2. The van der Waals surface area contributed by atoms with Crippen molar-refractivity contribution in [3.63, 3.8) is 0 Å². The summed E-state index contributed by atoms with van der Waals surface area (Å²) in [5.74, 6) is 0. The van der Waals surface area contributed by atoms with E-state index in [1.807, 2.05) is 6.92 Å². The number of aryl methyl sites for hydroxylation is 1. The Morgan fingerprint density at radius 2 is 1.83 bits per heavy atom. The second kappa shape index (κ2) is 4.40. The molecule has 1 aromatic carbocycles. The average molecular weight is 252 g/mol. The lowest BCUT2D eigenvalue weighted by Crippen LogP contribution is -2.05. The summed E-state index contributed by atoms with van der Waals surface area (Å²) in [6.07, 6.45) is -0.861. The number of fused-ring (bicyclic) bond motifs is 1. The van der Waals surface area contributed by atoms with Gasteiger partial charge >= 0.3 is 6.18 Å². The molecule has 0 fully saturated rings. The summed E-state index contributed by atoms with van der Waals surface area (Å²) in [6.45, 7) is 3.59. The molecule has 0 saturated heterocycles. The van der Waals surface area contributed by atoms with Gasteiger partial charge in [-0.25, -0.2) is 9.97 Å². The van der Waals surface area contributed by atoms with Crippen molar-refractivity contribution in [2.45, 2.75) is 20.0 Å². The molecule has 2 aromatic rings. The molecule has 0 aliphatic heterocycles. The minimum absolute atomic E-state index is 0.253. The molecule has 0 amide bonds. The summed E-state index contributed by atoms with van der Waals surface area (Å²) in [7, 11) is 0. The fourth-order valence-electron chi connectivity index (χ4n) is 1.65. The van der Waals surface area contributed by atoms with Crippen LogP contribution >= 0.6 is 0 Å². The second-order valence-electron chi connectivity index (χ2n) is 3.90. The van der Waals surface area contributed by atoms with Crippen LogP contribution in [0.4, 0.5) is 13.2 Å². The van der Waals surface area contributed by atoms with Gasteiger partial charge in [0.1, 0.15) is 0 Å². The predicted molar refractivity (Wildman–Crippen MR) is 64.0 cm³/mol. The normalized spacial score (nSPS) is 12.5. The molecule has 1 heterocycles. The Kier molecular flexibility index (Phi) is 3.07. The fourth-order valence-corrected chi connectivity index (χ4v) is 1.65. The molecule has 0 radical (unpaired) electrons. The standard InChI is InChI=1S/C13H11F3N2/c1-3-4-10-8(2)17-11-6-5-9(13(14,15)16)7-12(11)18-10/h3-7H,1-2H3. The Morgan fingerprint density at radius 1 is 1.11 bits per heavy atom. The Hall–Kier alpha value is -1.91. The van der Waals surface area contributed by atoms with E-state index in [0.29, 0.717) is 16.9 Å². The molecule has 2 rings (SSSR count). The Balaban J connectivity index is 2.65. The molecule has 0 aliphatic carbocycles. The van der Waals surface area contributed by atoms with Crippen molar-refractivity contribution in [1.29, 1.82) is 0 Å². The van der Waals surface area contributed by atoms with E-state index in [1.165, 1.54) is 6.07 Å². The zero-order chi connectivity index (χ0) is 13.3. The predicted octanol–water partition coefficient (Wildman–Crippen LogP) is 3.99. The van der Waals surface area contributed by atoms with Gasteiger partial charge in [-0.1, -0.05) is 6.08 Å². The Bertz CT molecular complexity index is 615. The molecule has 1 aromatic heterocycles. The highest BCUT2D eigenvalue weighted by Gasteiger charge is 2.30. The van der Waals surface area contributed by atoms with Crippen molar-refractivity contribution < 1.29 is 13.2 Å². The van der Waals surface area contributed by atoms with Gasteiger partial charge in [0.25, 0.3) is 0 Å². The Morgan fingerprint density at radius 3 is 2.44 bits per heavy atom. The van der Waals surface area contributed by atoms with E-state index in [2.05, 4.69) is 9.97 Å². The summed E-state index contributed by atoms with van der Waals surface area (Å²) < 4.78 is 37.7. The smallest absolute Gasteiger partial charge is 0.249 e. The molecule has 0 aliphatic rings. The number of allylic oxidation sites excluding steroid dienone is 1. The number of benzene rings is 1. The number of hydrogen-bond acceptors (Lipinski definition) is 2. The van der Waals surface area contributed by atoms with Crippen molar-refractivity contribution in [1.82, 2.24) is 9.97 Å². The van der Waals surface area contributed by atoms with Crippen LogP contribution in [0.1, 0.15) is 23.9 Å². The zero-order valence-corrected chi connectivity index (χ0v) is 9.92. The monoisotopic (exact) mass is 252 g/mol. The van der Waals surface area contributed by atoms with Gasteiger partial charge in [0, 0.05) is 0 Å². The minimum Gasteiger partial charge on any atom is -0.249 e. The van der Waals surface area contributed by atoms with Gasteiger partial charge in [0.15, 0.2) is 0 Å². The van der Waals surface area contributed by atoms with E-state index in [1.54, 1.807) is 19.1 Å². The van der Waals surface area contributed by atoms with Gasteiger partial charge < -0.3 is 0 Å². The molecule has 0 atom stereocenters. The first-order chi connectivity index (χ1) is 8.41. The van der Waals surface area contributed by atoms with Crippen LogP contribution in [0, 0.1) is 6.92 Å². The largest absolute Gasteiger partial charge is 0.416 e. The van der Waals surface area contributed by atoms with Gasteiger partial charge in [-0.2, -0.15) is 13.2 Å². The second-order valence-corrected chi connectivity index (χ2v) is 3.90. The highest BCUT2D eigenvalue weighted by molar-refractivity contribution is 5.76. The number of rotatable bonds is 1. The van der Waals surface area contributed by atoms with Crippen LogP contribution in [0.3, 0.4) is 0 Å². The third-order valence-electron chi connectivity index (χ3n) is 2.53.